The van der Waals surface area contributed by atoms with Crippen molar-refractivity contribution < 1.29 is 9.18 Å². The third-order valence-corrected chi connectivity index (χ3v) is 3.54. The molecule has 2 amide bonds. The molecule has 3 nitrogen and oxygen atoms in total. The molecule has 116 valence electrons. The van der Waals surface area contributed by atoms with E-state index in [1.165, 1.54) is 29.8 Å². The van der Waals surface area contributed by atoms with Crippen LogP contribution in [0.5, 0.6) is 0 Å². The zero-order chi connectivity index (χ0) is 15.9. The Morgan fingerprint density at radius 1 is 1.09 bits per heavy atom. The van der Waals surface area contributed by atoms with Crippen LogP contribution in [0.1, 0.15) is 38.2 Å². The highest BCUT2D eigenvalue weighted by Gasteiger charge is 2.07. The molecule has 0 saturated heterocycles. The van der Waals surface area contributed by atoms with E-state index in [-0.39, 0.29) is 11.8 Å². The number of nitrogens with one attached hydrogen (secondary N) is 2. The van der Waals surface area contributed by atoms with Crippen molar-refractivity contribution in [2.75, 3.05) is 10.6 Å². The number of carbonyl (C=O) groups excluding carboxylic acids is 1. The van der Waals surface area contributed by atoms with Crippen LogP contribution in [0.4, 0.5) is 20.6 Å². The van der Waals surface area contributed by atoms with Crippen LogP contribution in [-0.2, 0) is 0 Å². The Bertz CT molecular complexity index is 625. The summed E-state index contributed by atoms with van der Waals surface area (Å²) in [6.07, 6.45) is 2.25. The van der Waals surface area contributed by atoms with Gasteiger partial charge in [0.2, 0.25) is 0 Å². The summed E-state index contributed by atoms with van der Waals surface area (Å²) >= 11 is 0. The molecule has 0 spiro atoms. The van der Waals surface area contributed by atoms with E-state index >= 15 is 0 Å². The molecule has 0 aliphatic heterocycles. The molecular formula is C18H21FN2O. The summed E-state index contributed by atoms with van der Waals surface area (Å²) in [7, 11) is 0. The van der Waals surface area contributed by atoms with Crippen LogP contribution >= 0.6 is 0 Å². The molecule has 1 unspecified atom stereocenters. The lowest BCUT2D eigenvalue weighted by molar-refractivity contribution is 0.262. The maximum Gasteiger partial charge on any atom is 0.323 e. The monoisotopic (exact) mass is 300 g/mol. The molecule has 0 bridgehead atoms. The van der Waals surface area contributed by atoms with Crippen molar-refractivity contribution in [1.29, 1.82) is 0 Å². The van der Waals surface area contributed by atoms with Crippen LogP contribution in [0.25, 0.3) is 0 Å². The van der Waals surface area contributed by atoms with Gasteiger partial charge in [-0.2, -0.15) is 0 Å². The quantitative estimate of drug-likeness (QED) is 0.765. The van der Waals surface area contributed by atoms with Gasteiger partial charge < -0.3 is 10.6 Å². The van der Waals surface area contributed by atoms with Crippen molar-refractivity contribution in [2.45, 2.75) is 32.6 Å². The number of urea groups is 1. The van der Waals surface area contributed by atoms with E-state index in [0.29, 0.717) is 11.6 Å². The van der Waals surface area contributed by atoms with Gasteiger partial charge in [0.1, 0.15) is 5.82 Å². The molecule has 2 rings (SSSR count). The summed E-state index contributed by atoms with van der Waals surface area (Å²) in [5, 5.41) is 5.47. The zero-order valence-corrected chi connectivity index (χ0v) is 12.9. The molecule has 2 aromatic carbocycles. The van der Waals surface area contributed by atoms with E-state index in [2.05, 4.69) is 30.5 Å². The highest BCUT2D eigenvalue weighted by Crippen LogP contribution is 2.23. The molecule has 2 N–H and O–H groups in total. The summed E-state index contributed by atoms with van der Waals surface area (Å²) in [5.74, 6) is 0.135. The Balaban J connectivity index is 1.99. The van der Waals surface area contributed by atoms with Crippen molar-refractivity contribution in [3.8, 4) is 0 Å². The molecule has 0 radical (unpaired) electrons. The van der Waals surface area contributed by atoms with Crippen molar-refractivity contribution in [1.82, 2.24) is 0 Å². The molecule has 0 saturated carbocycles. The van der Waals surface area contributed by atoms with E-state index in [1.54, 1.807) is 0 Å². The van der Waals surface area contributed by atoms with E-state index in [1.807, 2.05) is 18.2 Å². The minimum absolute atomic E-state index is 0.330. The van der Waals surface area contributed by atoms with Gasteiger partial charge in [-0.05, 0) is 54.3 Å². The number of carbonyl (C=O) groups is 1. The second kappa shape index (κ2) is 7.59. The van der Waals surface area contributed by atoms with E-state index in [4.69, 9.17) is 0 Å². The molecule has 4 heteroatoms. The van der Waals surface area contributed by atoms with Crippen LogP contribution < -0.4 is 10.6 Å². The summed E-state index contributed by atoms with van der Waals surface area (Å²) in [5.41, 5.74) is 2.51. The van der Waals surface area contributed by atoms with Gasteiger partial charge >= 0.3 is 6.03 Å². The first-order valence-electron chi connectivity index (χ1n) is 7.52. The molecule has 0 aliphatic rings. The zero-order valence-electron chi connectivity index (χ0n) is 12.9. The lowest BCUT2D eigenvalue weighted by Gasteiger charge is -2.13. The number of amides is 2. The van der Waals surface area contributed by atoms with Gasteiger partial charge in [0, 0.05) is 11.4 Å². The van der Waals surface area contributed by atoms with Crippen molar-refractivity contribution >= 4 is 17.4 Å². The van der Waals surface area contributed by atoms with Crippen LogP contribution in [0.2, 0.25) is 0 Å². The lowest BCUT2D eigenvalue weighted by atomic mass is 9.96. The molecular weight excluding hydrogens is 279 g/mol. The van der Waals surface area contributed by atoms with E-state index < -0.39 is 0 Å². The van der Waals surface area contributed by atoms with Crippen LogP contribution in [0.15, 0.2) is 48.5 Å². The second-order valence-corrected chi connectivity index (χ2v) is 5.40. The average Bonchev–Trinajstić information content (AvgIpc) is 2.50. The number of rotatable bonds is 5. The number of benzene rings is 2. The fraction of sp³-hybridized carbons (Fsp3) is 0.278. The smallest absolute Gasteiger partial charge is 0.308 e. The SMILES string of the molecule is CCCC(C)c1cccc(NC(=O)Nc2ccc(F)cc2)c1. The van der Waals surface area contributed by atoms with Crippen LogP contribution in [-0.4, -0.2) is 6.03 Å². The Kier molecular flexibility index (Phi) is 5.53. The number of hydrogen-bond donors (Lipinski definition) is 2. The minimum atomic E-state index is -0.341. The first kappa shape index (κ1) is 16.0. The summed E-state index contributed by atoms with van der Waals surface area (Å²) in [6, 6.07) is 13.2. The van der Waals surface area contributed by atoms with Crippen LogP contribution in [0, 0.1) is 5.82 Å². The average molecular weight is 300 g/mol. The van der Waals surface area contributed by atoms with Crippen molar-refractivity contribution in [3.05, 3.63) is 59.9 Å². The molecule has 2 aromatic rings. The van der Waals surface area contributed by atoms with Gasteiger partial charge in [-0.25, -0.2) is 9.18 Å². The highest BCUT2D eigenvalue weighted by atomic mass is 19.1. The molecule has 0 aromatic heterocycles. The molecule has 0 aliphatic carbocycles. The summed E-state index contributed by atoms with van der Waals surface area (Å²) in [6.45, 7) is 4.34. The van der Waals surface area contributed by atoms with Crippen LogP contribution in [0.3, 0.4) is 0 Å². The van der Waals surface area contributed by atoms with Gasteiger partial charge in [-0.3, -0.25) is 0 Å². The maximum atomic E-state index is 12.8. The lowest BCUT2D eigenvalue weighted by Crippen LogP contribution is -2.19. The van der Waals surface area contributed by atoms with E-state index in [0.717, 1.165) is 18.5 Å². The topological polar surface area (TPSA) is 41.1 Å². The third kappa shape index (κ3) is 4.58. The van der Waals surface area contributed by atoms with Gasteiger partial charge in [0.05, 0.1) is 0 Å². The Labute approximate surface area is 130 Å². The Morgan fingerprint density at radius 2 is 1.77 bits per heavy atom. The fourth-order valence-electron chi connectivity index (χ4n) is 2.35. The predicted molar refractivity (Wildman–Crippen MR) is 88.8 cm³/mol. The van der Waals surface area contributed by atoms with Crippen molar-refractivity contribution in [2.24, 2.45) is 0 Å². The van der Waals surface area contributed by atoms with Crippen molar-refractivity contribution in [3.63, 3.8) is 0 Å². The molecule has 0 heterocycles. The standard InChI is InChI=1S/C18H21FN2O/c1-3-5-13(2)14-6-4-7-17(12-14)21-18(22)20-16-10-8-15(19)9-11-16/h4,6-13H,3,5H2,1-2H3,(H2,20,21,22). The second-order valence-electron chi connectivity index (χ2n) is 5.40. The van der Waals surface area contributed by atoms with Gasteiger partial charge in [-0.15, -0.1) is 0 Å². The summed E-state index contributed by atoms with van der Waals surface area (Å²) in [4.78, 5) is 12.0. The van der Waals surface area contributed by atoms with Gasteiger partial charge in [-0.1, -0.05) is 32.4 Å². The molecule has 22 heavy (non-hydrogen) atoms. The number of halogens is 1. The maximum absolute atomic E-state index is 12.8. The Hall–Kier alpha value is -2.36. The number of anilines is 2. The van der Waals surface area contributed by atoms with Gasteiger partial charge in [0.15, 0.2) is 0 Å². The minimum Gasteiger partial charge on any atom is -0.308 e. The summed E-state index contributed by atoms with van der Waals surface area (Å²) < 4.78 is 12.8. The first-order valence-corrected chi connectivity index (χ1v) is 7.52. The normalized spacial score (nSPS) is 11.8. The van der Waals surface area contributed by atoms with Gasteiger partial charge in [0.25, 0.3) is 0 Å². The molecule has 0 fully saturated rings. The predicted octanol–water partition coefficient (Wildman–Crippen LogP) is 5.37. The largest absolute Gasteiger partial charge is 0.323 e. The highest BCUT2D eigenvalue weighted by molar-refractivity contribution is 5.99. The number of hydrogen-bond acceptors (Lipinski definition) is 1. The Morgan fingerprint density at radius 3 is 2.45 bits per heavy atom. The first-order chi connectivity index (χ1) is 10.6. The fourth-order valence-corrected chi connectivity index (χ4v) is 2.35. The molecule has 1 atom stereocenters. The third-order valence-electron chi connectivity index (χ3n) is 3.54. The van der Waals surface area contributed by atoms with E-state index in [9.17, 15) is 9.18 Å².